The van der Waals surface area contributed by atoms with Crippen molar-refractivity contribution in [3.05, 3.63) is 11.9 Å². The van der Waals surface area contributed by atoms with Gasteiger partial charge in [-0.15, -0.1) is 0 Å². The van der Waals surface area contributed by atoms with Crippen LogP contribution in [0.3, 0.4) is 0 Å². The van der Waals surface area contributed by atoms with Gasteiger partial charge < -0.3 is 15.2 Å². The van der Waals surface area contributed by atoms with Crippen LogP contribution in [0.15, 0.2) is 6.20 Å². The molecule has 0 bridgehead atoms. The van der Waals surface area contributed by atoms with Crippen LogP contribution in [0.4, 0.5) is 0 Å². The van der Waals surface area contributed by atoms with E-state index in [1.54, 1.807) is 13.3 Å². The molecule has 0 saturated carbocycles. The molecule has 0 aliphatic heterocycles. The zero-order valence-electron chi connectivity index (χ0n) is 10.4. The minimum absolute atomic E-state index is 0.0547. The zero-order valence-corrected chi connectivity index (χ0v) is 10.4. The normalized spacial score (nSPS) is 14.8. The van der Waals surface area contributed by atoms with Gasteiger partial charge in [0.2, 0.25) is 0 Å². The van der Waals surface area contributed by atoms with Crippen LogP contribution in [0.25, 0.3) is 0 Å². The summed E-state index contributed by atoms with van der Waals surface area (Å²) in [6.45, 7) is 7.36. The van der Waals surface area contributed by atoms with E-state index in [-0.39, 0.29) is 12.1 Å². The van der Waals surface area contributed by atoms with E-state index in [2.05, 4.69) is 5.10 Å². The molecular formula is C11H21N3O2. The molecule has 2 unspecified atom stereocenters. The van der Waals surface area contributed by atoms with E-state index in [0.29, 0.717) is 6.61 Å². The molecular weight excluding hydrogens is 206 g/mol. The van der Waals surface area contributed by atoms with Crippen molar-refractivity contribution >= 4 is 0 Å². The van der Waals surface area contributed by atoms with Gasteiger partial charge in [-0.25, -0.2) is 0 Å². The molecule has 1 rings (SSSR count). The average molecular weight is 227 g/mol. The minimum atomic E-state index is -0.225. The fourth-order valence-electron chi connectivity index (χ4n) is 1.71. The predicted molar refractivity (Wildman–Crippen MR) is 62.5 cm³/mol. The zero-order chi connectivity index (χ0) is 12.1. The van der Waals surface area contributed by atoms with Crippen molar-refractivity contribution in [3.63, 3.8) is 0 Å². The van der Waals surface area contributed by atoms with Crippen LogP contribution in [0.2, 0.25) is 0 Å². The van der Waals surface area contributed by atoms with E-state index in [1.165, 1.54) is 0 Å². The molecule has 2 atom stereocenters. The molecule has 2 N–H and O–H groups in total. The molecule has 0 amide bonds. The summed E-state index contributed by atoms with van der Waals surface area (Å²) in [5, 5.41) is 4.23. The second kappa shape index (κ2) is 5.86. The first-order valence-corrected chi connectivity index (χ1v) is 5.62. The number of nitrogens with two attached hydrogens (primary N) is 1. The smallest absolute Gasteiger partial charge is 0.161 e. The first-order chi connectivity index (χ1) is 7.65. The van der Waals surface area contributed by atoms with Gasteiger partial charge in [-0.3, -0.25) is 4.68 Å². The summed E-state index contributed by atoms with van der Waals surface area (Å²) in [6, 6.07) is -0.225. The highest BCUT2D eigenvalue weighted by molar-refractivity contribution is 5.28. The summed E-state index contributed by atoms with van der Waals surface area (Å²) in [6.07, 6.45) is 1.64. The van der Waals surface area contributed by atoms with Gasteiger partial charge in [-0.1, -0.05) is 0 Å². The predicted octanol–water partition coefficient (Wildman–Crippen LogP) is 1.34. The van der Waals surface area contributed by atoms with Crippen molar-refractivity contribution in [1.29, 1.82) is 0 Å². The van der Waals surface area contributed by atoms with Crippen molar-refractivity contribution in [3.8, 4) is 5.75 Å². The van der Waals surface area contributed by atoms with Crippen LogP contribution in [-0.4, -0.2) is 29.6 Å². The largest absolute Gasteiger partial charge is 0.493 e. The van der Waals surface area contributed by atoms with Crippen LogP contribution < -0.4 is 10.5 Å². The molecule has 0 saturated heterocycles. The Morgan fingerprint density at radius 1 is 1.50 bits per heavy atom. The molecule has 0 fully saturated rings. The van der Waals surface area contributed by atoms with Gasteiger partial charge in [0.1, 0.15) is 0 Å². The fourth-order valence-corrected chi connectivity index (χ4v) is 1.71. The highest BCUT2D eigenvalue weighted by atomic mass is 16.5. The summed E-state index contributed by atoms with van der Waals surface area (Å²) in [4.78, 5) is 0. The summed E-state index contributed by atoms with van der Waals surface area (Å²) >= 11 is 0. The minimum Gasteiger partial charge on any atom is -0.493 e. The van der Waals surface area contributed by atoms with E-state index in [1.807, 2.05) is 25.5 Å². The third-order valence-electron chi connectivity index (χ3n) is 2.62. The molecule has 92 valence electrons. The van der Waals surface area contributed by atoms with Crippen molar-refractivity contribution in [2.45, 2.75) is 39.5 Å². The number of hydrogen-bond donors (Lipinski definition) is 1. The molecule has 0 aromatic carbocycles. The lowest BCUT2D eigenvalue weighted by Gasteiger charge is -2.21. The van der Waals surface area contributed by atoms with Crippen LogP contribution in [0.5, 0.6) is 5.75 Å². The number of nitrogens with zero attached hydrogens (tertiary/aromatic N) is 2. The number of rotatable bonds is 6. The lowest BCUT2D eigenvalue weighted by molar-refractivity contribution is 0.0547. The molecule has 1 aromatic rings. The molecule has 0 radical (unpaired) electrons. The highest BCUT2D eigenvalue weighted by Crippen LogP contribution is 2.26. The van der Waals surface area contributed by atoms with Crippen LogP contribution in [-0.2, 0) is 11.3 Å². The monoisotopic (exact) mass is 227 g/mol. The Hall–Kier alpha value is -1.07. The number of aromatic nitrogens is 2. The lowest BCUT2D eigenvalue weighted by Crippen LogP contribution is -2.29. The number of ether oxygens (including phenoxy) is 2. The van der Waals surface area contributed by atoms with Gasteiger partial charge in [0.25, 0.3) is 0 Å². The van der Waals surface area contributed by atoms with Crippen LogP contribution >= 0.6 is 0 Å². The molecule has 5 heteroatoms. The summed E-state index contributed by atoms with van der Waals surface area (Å²) in [5.41, 5.74) is 7.05. The van der Waals surface area contributed by atoms with Crippen molar-refractivity contribution < 1.29 is 9.47 Å². The first-order valence-electron chi connectivity index (χ1n) is 5.62. The van der Waals surface area contributed by atoms with Crippen LogP contribution in [0.1, 0.15) is 32.5 Å². The van der Waals surface area contributed by atoms with E-state index in [9.17, 15) is 0 Å². The quantitative estimate of drug-likeness (QED) is 0.796. The maximum Gasteiger partial charge on any atom is 0.161 e. The summed E-state index contributed by atoms with van der Waals surface area (Å²) in [5.74, 6) is 0.723. The van der Waals surface area contributed by atoms with E-state index < -0.39 is 0 Å². The molecule has 0 spiro atoms. The Balaban J connectivity index is 2.95. The van der Waals surface area contributed by atoms with Gasteiger partial charge in [0.05, 0.1) is 31.1 Å². The highest BCUT2D eigenvalue weighted by Gasteiger charge is 2.23. The van der Waals surface area contributed by atoms with Gasteiger partial charge in [-0.05, 0) is 20.8 Å². The Bertz CT molecular complexity index is 304. The lowest BCUT2D eigenvalue weighted by atomic mass is 10.1. The van der Waals surface area contributed by atoms with Gasteiger partial charge in [0.15, 0.2) is 5.75 Å². The Labute approximate surface area is 96.5 Å². The maximum absolute atomic E-state index is 6.16. The molecule has 1 aromatic heterocycles. The topological polar surface area (TPSA) is 62.3 Å². The maximum atomic E-state index is 6.16. The standard InChI is InChI=1S/C11H21N3O2/c1-5-14-11(9(15-4)7-13-14)10(12)8(3)16-6-2/h7-8,10H,5-6,12H2,1-4H3. The van der Waals surface area contributed by atoms with E-state index >= 15 is 0 Å². The summed E-state index contributed by atoms with van der Waals surface area (Å²) in [7, 11) is 1.62. The van der Waals surface area contributed by atoms with E-state index in [4.69, 9.17) is 15.2 Å². The first kappa shape index (κ1) is 13.0. The third kappa shape index (κ3) is 2.54. The van der Waals surface area contributed by atoms with Crippen LogP contribution in [0, 0.1) is 0 Å². The van der Waals surface area contributed by atoms with Gasteiger partial charge in [0, 0.05) is 13.2 Å². The molecule has 5 nitrogen and oxygen atoms in total. The molecule has 0 aliphatic rings. The second-order valence-electron chi connectivity index (χ2n) is 3.60. The Kier molecular flexibility index (Phi) is 4.76. The van der Waals surface area contributed by atoms with E-state index in [0.717, 1.165) is 18.0 Å². The summed E-state index contributed by atoms with van der Waals surface area (Å²) < 4.78 is 12.6. The molecule has 16 heavy (non-hydrogen) atoms. The third-order valence-corrected chi connectivity index (χ3v) is 2.62. The van der Waals surface area contributed by atoms with Crippen molar-refractivity contribution in [2.24, 2.45) is 5.73 Å². The fraction of sp³-hybridized carbons (Fsp3) is 0.727. The SMILES string of the molecule is CCOC(C)C(N)c1c(OC)cnn1CC. The molecule has 0 aliphatic carbocycles. The molecule has 1 heterocycles. The number of methoxy groups -OCH3 is 1. The van der Waals surface area contributed by atoms with Crippen molar-refractivity contribution in [1.82, 2.24) is 9.78 Å². The van der Waals surface area contributed by atoms with Gasteiger partial charge >= 0.3 is 0 Å². The Morgan fingerprint density at radius 3 is 2.69 bits per heavy atom. The van der Waals surface area contributed by atoms with Gasteiger partial charge in [-0.2, -0.15) is 5.10 Å². The van der Waals surface area contributed by atoms with Crippen molar-refractivity contribution in [2.75, 3.05) is 13.7 Å². The number of aryl methyl sites for hydroxylation is 1. The average Bonchev–Trinajstić information content (AvgIpc) is 2.70. The number of hydrogen-bond acceptors (Lipinski definition) is 4. The second-order valence-corrected chi connectivity index (χ2v) is 3.60. The Morgan fingerprint density at radius 2 is 2.19 bits per heavy atom.